The largest absolute Gasteiger partial charge is 0.733 e. The van der Waals surface area contributed by atoms with Gasteiger partial charge in [0.05, 0.1) is 23.1 Å². The predicted molar refractivity (Wildman–Crippen MR) is 83.1 cm³/mol. The number of rotatable bonds is 1. The second-order valence-electron chi connectivity index (χ2n) is 5.48. The maximum absolute atomic E-state index is 12.7. The Kier molecular flexibility index (Phi) is 2.82. The Hall–Kier alpha value is -2.57. The van der Waals surface area contributed by atoms with Crippen LogP contribution in [0.3, 0.4) is 0 Å². The third-order valence-corrected chi connectivity index (χ3v) is 4.27. The number of fused-ring (bicyclic) bond motifs is 4. The summed E-state index contributed by atoms with van der Waals surface area (Å²) < 4.78 is 3.65. The summed E-state index contributed by atoms with van der Waals surface area (Å²) in [4.78, 5) is 12.7. The van der Waals surface area contributed by atoms with E-state index in [0.29, 0.717) is 18.5 Å². The van der Waals surface area contributed by atoms with Crippen LogP contribution in [-0.4, -0.2) is 14.6 Å². The molecular formula is C16H14N3O3-. The number of hydrogen-bond acceptors (Lipinski definition) is 4. The maximum atomic E-state index is 12.7. The van der Waals surface area contributed by atoms with E-state index in [4.69, 9.17) is 5.21 Å². The Morgan fingerprint density at radius 3 is 2.64 bits per heavy atom. The average Bonchev–Trinajstić information content (AvgIpc) is 2.69. The summed E-state index contributed by atoms with van der Waals surface area (Å²) in [5.74, 6) is 0. The minimum Gasteiger partial charge on any atom is -0.733 e. The van der Waals surface area contributed by atoms with Crippen molar-refractivity contribution in [1.29, 1.82) is 0 Å². The van der Waals surface area contributed by atoms with Gasteiger partial charge >= 0.3 is 0 Å². The van der Waals surface area contributed by atoms with Crippen LogP contribution in [0, 0.1) is 5.21 Å². The van der Waals surface area contributed by atoms with Crippen LogP contribution in [0.15, 0.2) is 47.3 Å². The smallest absolute Gasteiger partial charge is 0.274 e. The Morgan fingerprint density at radius 2 is 1.86 bits per heavy atom. The highest BCUT2D eigenvalue weighted by Gasteiger charge is 2.18. The van der Waals surface area contributed by atoms with Gasteiger partial charge in [-0.15, -0.1) is 0 Å². The fourth-order valence-electron chi connectivity index (χ4n) is 3.16. The lowest BCUT2D eigenvalue weighted by molar-refractivity contribution is 0.296. The van der Waals surface area contributed by atoms with Crippen molar-refractivity contribution in [2.24, 2.45) is 0 Å². The van der Waals surface area contributed by atoms with Crippen LogP contribution in [0.1, 0.15) is 11.1 Å². The zero-order valence-electron chi connectivity index (χ0n) is 11.8. The van der Waals surface area contributed by atoms with Crippen LogP contribution in [0.4, 0.5) is 5.69 Å². The summed E-state index contributed by atoms with van der Waals surface area (Å²) in [6, 6.07) is 12.8. The summed E-state index contributed by atoms with van der Waals surface area (Å²) >= 11 is 0. The molecule has 1 aliphatic rings. The monoisotopic (exact) mass is 296 g/mol. The van der Waals surface area contributed by atoms with Gasteiger partial charge in [0.2, 0.25) is 0 Å². The quantitative estimate of drug-likeness (QED) is 0.698. The molecule has 0 saturated carbocycles. The first-order valence-corrected chi connectivity index (χ1v) is 7.11. The normalized spacial score (nSPS) is 13.5. The van der Waals surface area contributed by atoms with Gasteiger partial charge < -0.3 is 10.4 Å². The molecule has 1 aromatic heterocycles. The molecule has 0 amide bonds. The Balaban J connectivity index is 1.94. The molecule has 0 fully saturated rings. The molecule has 6 heteroatoms. The van der Waals surface area contributed by atoms with Gasteiger partial charge in [0, 0.05) is 6.54 Å². The molecule has 2 aromatic carbocycles. The van der Waals surface area contributed by atoms with E-state index in [9.17, 15) is 10.0 Å². The first-order chi connectivity index (χ1) is 10.6. The summed E-state index contributed by atoms with van der Waals surface area (Å²) in [6.45, 7) is 1.22. The van der Waals surface area contributed by atoms with Gasteiger partial charge in [0.25, 0.3) is 5.56 Å². The van der Waals surface area contributed by atoms with Gasteiger partial charge in [-0.3, -0.25) is 14.7 Å². The van der Waals surface area contributed by atoms with Crippen molar-refractivity contribution in [3.63, 3.8) is 0 Å². The number of benzene rings is 2. The van der Waals surface area contributed by atoms with E-state index in [1.807, 2.05) is 22.9 Å². The Bertz CT molecular complexity index is 924. The van der Waals surface area contributed by atoms with E-state index >= 15 is 0 Å². The Morgan fingerprint density at radius 1 is 1.09 bits per heavy atom. The molecule has 0 unspecified atom stereocenters. The highest BCUT2D eigenvalue weighted by molar-refractivity contribution is 5.82. The molecule has 3 aromatic rings. The second-order valence-corrected chi connectivity index (χ2v) is 5.48. The molecular weight excluding hydrogens is 282 g/mol. The van der Waals surface area contributed by atoms with Crippen LogP contribution in [-0.2, 0) is 19.5 Å². The lowest BCUT2D eigenvalue weighted by atomic mass is 10.1. The van der Waals surface area contributed by atoms with Crippen molar-refractivity contribution in [1.82, 2.24) is 9.36 Å². The molecule has 112 valence electrons. The molecule has 4 rings (SSSR count). The standard InChI is InChI=1S/C16H14N3O3/c20-16-14-9-13(19(21)22)5-6-15(14)17-8-7-11-3-1-2-4-12(11)10-18(16)17/h1-6,9,21H,7-8,10H2/q-1. The third kappa shape index (κ3) is 1.85. The molecule has 0 radical (unpaired) electrons. The highest BCUT2D eigenvalue weighted by atomic mass is 16.8. The van der Waals surface area contributed by atoms with Gasteiger partial charge in [-0.25, -0.2) is 4.68 Å². The minimum absolute atomic E-state index is 0.0614. The summed E-state index contributed by atoms with van der Waals surface area (Å²) in [6.07, 6.45) is 0.856. The van der Waals surface area contributed by atoms with Gasteiger partial charge in [-0.05, 0) is 35.7 Å². The third-order valence-electron chi connectivity index (χ3n) is 4.27. The highest BCUT2D eigenvalue weighted by Crippen LogP contribution is 2.23. The van der Waals surface area contributed by atoms with Crippen molar-refractivity contribution in [3.8, 4) is 0 Å². The van der Waals surface area contributed by atoms with E-state index in [2.05, 4.69) is 6.07 Å². The SMILES string of the molecule is O=c1c2cc(N([O-])O)ccc2n2n1Cc1ccccc1CC2. The molecule has 1 N–H and O–H groups in total. The Labute approximate surface area is 125 Å². The summed E-state index contributed by atoms with van der Waals surface area (Å²) in [5, 5.41) is 20.3. The molecule has 0 saturated heterocycles. The predicted octanol–water partition coefficient (Wildman–Crippen LogP) is 2.10. The number of nitrogens with zero attached hydrogens (tertiary/aromatic N) is 3. The van der Waals surface area contributed by atoms with Crippen LogP contribution in [0.25, 0.3) is 10.9 Å². The minimum atomic E-state index is -0.221. The van der Waals surface area contributed by atoms with E-state index in [0.717, 1.165) is 17.5 Å². The first kappa shape index (κ1) is 13.1. The number of aromatic nitrogens is 2. The second kappa shape index (κ2) is 4.72. The fraction of sp³-hybridized carbons (Fsp3) is 0.188. The maximum Gasteiger partial charge on any atom is 0.274 e. The molecule has 2 heterocycles. The number of anilines is 1. The molecule has 6 nitrogen and oxygen atoms in total. The fourth-order valence-corrected chi connectivity index (χ4v) is 3.16. The van der Waals surface area contributed by atoms with Crippen LogP contribution < -0.4 is 10.8 Å². The van der Waals surface area contributed by atoms with Crippen molar-refractivity contribution >= 4 is 16.6 Å². The first-order valence-electron chi connectivity index (χ1n) is 7.11. The molecule has 0 spiro atoms. The van der Waals surface area contributed by atoms with E-state index < -0.39 is 0 Å². The zero-order chi connectivity index (χ0) is 15.3. The van der Waals surface area contributed by atoms with E-state index in [-0.39, 0.29) is 16.5 Å². The van der Waals surface area contributed by atoms with E-state index in [1.165, 1.54) is 17.7 Å². The van der Waals surface area contributed by atoms with Crippen molar-refractivity contribution in [2.45, 2.75) is 19.5 Å². The van der Waals surface area contributed by atoms with Crippen molar-refractivity contribution in [2.75, 3.05) is 5.23 Å². The van der Waals surface area contributed by atoms with Gasteiger partial charge in [0.15, 0.2) is 0 Å². The molecule has 1 aliphatic heterocycles. The summed E-state index contributed by atoms with van der Waals surface area (Å²) in [7, 11) is 0. The number of hydrogen-bond donors (Lipinski definition) is 1. The molecule has 0 bridgehead atoms. The van der Waals surface area contributed by atoms with Gasteiger partial charge in [-0.1, -0.05) is 24.3 Å². The van der Waals surface area contributed by atoms with Gasteiger partial charge in [0.1, 0.15) is 0 Å². The van der Waals surface area contributed by atoms with Gasteiger partial charge in [-0.2, -0.15) is 0 Å². The van der Waals surface area contributed by atoms with E-state index in [1.54, 1.807) is 10.7 Å². The molecule has 22 heavy (non-hydrogen) atoms. The molecule has 0 aliphatic carbocycles. The zero-order valence-corrected chi connectivity index (χ0v) is 11.8. The lowest BCUT2D eigenvalue weighted by Crippen LogP contribution is -2.22. The molecule has 0 atom stereocenters. The van der Waals surface area contributed by atoms with Crippen molar-refractivity contribution < 1.29 is 5.21 Å². The topological polar surface area (TPSA) is 73.5 Å². The van der Waals surface area contributed by atoms with Crippen LogP contribution in [0.5, 0.6) is 0 Å². The summed E-state index contributed by atoms with van der Waals surface area (Å²) in [5.41, 5.74) is 3.09. The van der Waals surface area contributed by atoms with Crippen molar-refractivity contribution in [3.05, 3.63) is 69.2 Å². The lowest BCUT2D eigenvalue weighted by Gasteiger charge is -2.21. The van der Waals surface area contributed by atoms with Crippen LogP contribution >= 0.6 is 0 Å². The number of aryl methyl sites for hydroxylation is 2. The van der Waals surface area contributed by atoms with Crippen LogP contribution in [0.2, 0.25) is 0 Å². The average molecular weight is 296 g/mol.